The van der Waals surface area contributed by atoms with Crippen molar-refractivity contribution in [2.75, 3.05) is 24.8 Å². The van der Waals surface area contributed by atoms with E-state index in [1.807, 2.05) is 14.0 Å². The van der Waals surface area contributed by atoms with Crippen molar-refractivity contribution in [1.82, 2.24) is 9.97 Å². The predicted octanol–water partition coefficient (Wildman–Crippen LogP) is 2.08. The van der Waals surface area contributed by atoms with Crippen LogP contribution >= 0.6 is 0 Å². The van der Waals surface area contributed by atoms with Crippen molar-refractivity contribution < 1.29 is 9.53 Å². The second-order valence-corrected chi connectivity index (χ2v) is 5.00. The maximum atomic E-state index is 11.9. The summed E-state index contributed by atoms with van der Waals surface area (Å²) in [6.45, 7) is 6.16. The Morgan fingerprint density at radius 3 is 2.50 bits per heavy atom. The highest BCUT2D eigenvalue weighted by molar-refractivity contribution is 5.79. The van der Waals surface area contributed by atoms with E-state index in [0.29, 0.717) is 18.2 Å². The fraction of sp³-hybridized carbons (Fsp3) is 0.643. The van der Waals surface area contributed by atoms with E-state index < -0.39 is 6.04 Å². The molecule has 20 heavy (non-hydrogen) atoms. The van der Waals surface area contributed by atoms with E-state index in [2.05, 4.69) is 34.4 Å². The molecule has 0 saturated heterocycles. The topological polar surface area (TPSA) is 76.1 Å². The van der Waals surface area contributed by atoms with E-state index in [4.69, 9.17) is 4.74 Å². The molecule has 6 nitrogen and oxygen atoms in total. The number of hydrogen-bond donors (Lipinski definition) is 2. The monoisotopic (exact) mass is 280 g/mol. The van der Waals surface area contributed by atoms with Gasteiger partial charge in [0, 0.05) is 12.6 Å². The highest BCUT2D eigenvalue weighted by Crippen LogP contribution is 2.22. The number of hydrogen-bond acceptors (Lipinski definition) is 6. The molecule has 1 aromatic rings. The summed E-state index contributed by atoms with van der Waals surface area (Å²) in [6, 6.07) is -0.398. The first kappa shape index (κ1) is 16.2. The second-order valence-electron chi connectivity index (χ2n) is 5.00. The largest absolute Gasteiger partial charge is 0.467 e. The Morgan fingerprint density at radius 1 is 1.35 bits per heavy atom. The van der Waals surface area contributed by atoms with Crippen LogP contribution in [0.3, 0.4) is 0 Å². The molecule has 0 saturated carbocycles. The molecule has 0 fully saturated rings. The SMILES string of the molecule is CCc1c(NC)ncnc1NC(CC(C)C)C(=O)OC. The molecule has 1 aromatic heterocycles. The van der Waals surface area contributed by atoms with E-state index >= 15 is 0 Å². The third-order valence-corrected chi connectivity index (χ3v) is 3.04. The molecule has 1 heterocycles. The minimum Gasteiger partial charge on any atom is -0.467 e. The molecule has 0 aliphatic rings. The average molecular weight is 280 g/mol. The fourth-order valence-corrected chi connectivity index (χ4v) is 2.08. The summed E-state index contributed by atoms with van der Waals surface area (Å²) < 4.78 is 4.86. The molecule has 1 rings (SSSR count). The second kappa shape index (κ2) is 7.67. The Bertz CT molecular complexity index is 449. The van der Waals surface area contributed by atoms with Crippen LogP contribution in [-0.2, 0) is 16.0 Å². The highest BCUT2D eigenvalue weighted by Gasteiger charge is 2.22. The van der Waals surface area contributed by atoms with Crippen LogP contribution in [0.25, 0.3) is 0 Å². The normalized spacial score (nSPS) is 12.1. The minimum absolute atomic E-state index is 0.273. The molecule has 0 amide bonds. The zero-order valence-corrected chi connectivity index (χ0v) is 12.9. The molecule has 1 atom stereocenters. The van der Waals surface area contributed by atoms with Gasteiger partial charge in [0.15, 0.2) is 0 Å². The molecular weight excluding hydrogens is 256 g/mol. The molecule has 0 spiro atoms. The summed E-state index contributed by atoms with van der Waals surface area (Å²) in [7, 11) is 3.22. The first-order chi connectivity index (χ1) is 9.53. The summed E-state index contributed by atoms with van der Waals surface area (Å²) in [5, 5.41) is 6.23. The lowest BCUT2D eigenvalue weighted by Gasteiger charge is -2.21. The van der Waals surface area contributed by atoms with Gasteiger partial charge in [-0.1, -0.05) is 20.8 Å². The van der Waals surface area contributed by atoms with Crippen LogP contribution < -0.4 is 10.6 Å². The van der Waals surface area contributed by atoms with Crippen molar-refractivity contribution in [1.29, 1.82) is 0 Å². The van der Waals surface area contributed by atoms with E-state index in [9.17, 15) is 4.79 Å². The average Bonchev–Trinajstić information content (AvgIpc) is 2.44. The van der Waals surface area contributed by atoms with Crippen LogP contribution in [0.5, 0.6) is 0 Å². The lowest BCUT2D eigenvalue weighted by atomic mass is 10.0. The summed E-state index contributed by atoms with van der Waals surface area (Å²) >= 11 is 0. The summed E-state index contributed by atoms with van der Waals surface area (Å²) in [6.07, 6.45) is 2.95. The van der Waals surface area contributed by atoms with Gasteiger partial charge < -0.3 is 15.4 Å². The quantitative estimate of drug-likeness (QED) is 0.745. The Labute approximate surface area is 120 Å². The Balaban J connectivity index is 3.01. The zero-order chi connectivity index (χ0) is 15.1. The Hall–Kier alpha value is -1.85. The Kier molecular flexibility index (Phi) is 6.21. The third-order valence-electron chi connectivity index (χ3n) is 3.04. The maximum absolute atomic E-state index is 11.9. The molecule has 1 unspecified atom stereocenters. The standard InChI is InChI=1S/C14H24N4O2/c1-6-10-12(15-4)16-8-17-13(10)18-11(7-9(2)3)14(19)20-5/h8-9,11H,6-7H2,1-5H3,(H2,15,16,17,18). The van der Waals surface area contributed by atoms with Gasteiger partial charge >= 0.3 is 5.97 Å². The van der Waals surface area contributed by atoms with Crippen molar-refractivity contribution in [3.8, 4) is 0 Å². The molecule has 112 valence electrons. The van der Waals surface area contributed by atoms with Gasteiger partial charge in [-0.3, -0.25) is 0 Å². The van der Waals surface area contributed by atoms with Crippen molar-refractivity contribution in [2.24, 2.45) is 5.92 Å². The van der Waals surface area contributed by atoms with Gasteiger partial charge in [0.2, 0.25) is 0 Å². The van der Waals surface area contributed by atoms with Gasteiger partial charge in [0.25, 0.3) is 0 Å². The van der Waals surface area contributed by atoms with E-state index in [-0.39, 0.29) is 5.97 Å². The van der Waals surface area contributed by atoms with Crippen LogP contribution in [-0.4, -0.2) is 36.1 Å². The van der Waals surface area contributed by atoms with Crippen LogP contribution in [0.15, 0.2) is 6.33 Å². The molecule has 0 radical (unpaired) electrons. The zero-order valence-electron chi connectivity index (χ0n) is 12.9. The molecule has 0 aliphatic heterocycles. The van der Waals surface area contributed by atoms with E-state index in [0.717, 1.165) is 17.8 Å². The van der Waals surface area contributed by atoms with Gasteiger partial charge in [0.05, 0.1) is 7.11 Å². The fourth-order valence-electron chi connectivity index (χ4n) is 2.08. The molecule has 0 bridgehead atoms. The number of anilines is 2. The number of carbonyl (C=O) groups excluding carboxylic acids is 1. The van der Waals surface area contributed by atoms with Crippen LogP contribution in [0.4, 0.5) is 11.6 Å². The number of rotatable bonds is 7. The van der Waals surface area contributed by atoms with Crippen molar-refractivity contribution in [2.45, 2.75) is 39.7 Å². The lowest BCUT2D eigenvalue weighted by Crippen LogP contribution is -2.33. The molecule has 0 aromatic carbocycles. The highest BCUT2D eigenvalue weighted by atomic mass is 16.5. The number of carbonyl (C=O) groups is 1. The smallest absolute Gasteiger partial charge is 0.328 e. The number of methoxy groups -OCH3 is 1. The Morgan fingerprint density at radius 2 is 2.00 bits per heavy atom. The molecule has 2 N–H and O–H groups in total. The summed E-state index contributed by atoms with van der Waals surface area (Å²) in [5.41, 5.74) is 0.965. The maximum Gasteiger partial charge on any atom is 0.328 e. The summed E-state index contributed by atoms with van der Waals surface area (Å²) in [5.74, 6) is 1.56. The number of ether oxygens (including phenoxy) is 1. The number of nitrogens with one attached hydrogen (secondary N) is 2. The van der Waals surface area contributed by atoms with Gasteiger partial charge in [-0.05, 0) is 18.8 Å². The van der Waals surface area contributed by atoms with Gasteiger partial charge in [0.1, 0.15) is 24.0 Å². The van der Waals surface area contributed by atoms with Crippen molar-refractivity contribution in [3.63, 3.8) is 0 Å². The molecular formula is C14H24N4O2. The first-order valence-corrected chi connectivity index (χ1v) is 6.89. The number of esters is 1. The minimum atomic E-state index is -0.398. The van der Waals surface area contributed by atoms with E-state index in [1.165, 1.54) is 13.4 Å². The van der Waals surface area contributed by atoms with Crippen LogP contribution in [0.2, 0.25) is 0 Å². The number of nitrogens with zero attached hydrogens (tertiary/aromatic N) is 2. The number of aromatic nitrogens is 2. The van der Waals surface area contributed by atoms with Crippen LogP contribution in [0, 0.1) is 5.92 Å². The van der Waals surface area contributed by atoms with Crippen molar-refractivity contribution >= 4 is 17.6 Å². The summed E-state index contributed by atoms with van der Waals surface area (Å²) in [4.78, 5) is 20.3. The van der Waals surface area contributed by atoms with Crippen LogP contribution in [0.1, 0.15) is 32.8 Å². The van der Waals surface area contributed by atoms with Crippen molar-refractivity contribution in [3.05, 3.63) is 11.9 Å². The van der Waals surface area contributed by atoms with E-state index in [1.54, 1.807) is 0 Å². The van der Waals surface area contributed by atoms with Gasteiger partial charge in [-0.15, -0.1) is 0 Å². The third kappa shape index (κ3) is 4.08. The first-order valence-electron chi connectivity index (χ1n) is 6.89. The van der Waals surface area contributed by atoms with Gasteiger partial charge in [-0.25, -0.2) is 14.8 Å². The van der Waals surface area contributed by atoms with Gasteiger partial charge in [-0.2, -0.15) is 0 Å². The predicted molar refractivity (Wildman–Crippen MR) is 79.8 cm³/mol. The molecule has 0 aliphatic carbocycles. The molecule has 6 heteroatoms. The lowest BCUT2D eigenvalue weighted by molar-refractivity contribution is -0.141.